The van der Waals surface area contributed by atoms with Gasteiger partial charge in [-0.05, 0) is 30.9 Å². The lowest BCUT2D eigenvalue weighted by molar-refractivity contribution is 0.0516. The smallest absolute Gasteiger partial charge is 0.276 e. The lowest BCUT2D eigenvalue weighted by atomic mass is 9.91. The molecular formula is C15H18N4O2. The molecule has 0 saturated carbocycles. The van der Waals surface area contributed by atoms with Gasteiger partial charge in [-0.1, -0.05) is 6.92 Å². The first kappa shape index (κ1) is 13.6. The fraction of sp³-hybridized carbons (Fsp3) is 0.400. The van der Waals surface area contributed by atoms with Gasteiger partial charge in [-0.15, -0.1) is 0 Å². The Bertz CT molecular complexity index is 626. The normalized spacial score (nSPS) is 22.2. The van der Waals surface area contributed by atoms with Crippen LogP contribution >= 0.6 is 0 Å². The summed E-state index contributed by atoms with van der Waals surface area (Å²) in [6.07, 6.45) is 6.43. The summed E-state index contributed by atoms with van der Waals surface area (Å²) in [5, 5.41) is 0. The second kappa shape index (κ2) is 5.55. The zero-order valence-corrected chi connectivity index (χ0v) is 11.9. The Hall–Kier alpha value is -2.37. The minimum atomic E-state index is -0.186. The first-order valence-corrected chi connectivity index (χ1v) is 7.07. The average Bonchev–Trinajstić information content (AvgIpc) is 3.01. The van der Waals surface area contributed by atoms with Gasteiger partial charge >= 0.3 is 0 Å². The van der Waals surface area contributed by atoms with Gasteiger partial charge in [0.05, 0.1) is 12.3 Å². The highest BCUT2D eigenvalue weighted by Crippen LogP contribution is 2.35. The zero-order chi connectivity index (χ0) is 14.8. The number of hydrogen-bond acceptors (Lipinski definition) is 5. The molecule has 0 aromatic carbocycles. The van der Waals surface area contributed by atoms with Crippen LogP contribution in [-0.4, -0.2) is 27.3 Å². The van der Waals surface area contributed by atoms with E-state index in [1.807, 2.05) is 12.1 Å². The van der Waals surface area contributed by atoms with Crippen LogP contribution in [0.2, 0.25) is 0 Å². The van der Waals surface area contributed by atoms with Crippen LogP contribution < -0.4 is 5.73 Å². The minimum absolute atomic E-state index is 0.0716. The number of rotatable bonds is 2. The van der Waals surface area contributed by atoms with Crippen molar-refractivity contribution in [3.8, 4) is 0 Å². The van der Waals surface area contributed by atoms with Gasteiger partial charge in [0.15, 0.2) is 11.5 Å². The Morgan fingerprint density at radius 1 is 1.43 bits per heavy atom. The third kappa shape index (κ3) is 2.61. The van der Waals surface area contributed by atoms with Gasteiger partial charge in [-0.3, -0.25) is 4.79 Å². The van der Waals surface area contributed by atoms with Crippen LogP contribution in [0.25, 0.3) is 0 Å². The van der Waals surface area contributed by atoms with Crippen molar-refractivity contribution in [3.05, 3.63) is 42.2 Å². The maximum atomic E-state index is 12.7. The minimum Gasteiger partial charge on any atom is -0.467 e. The number of carbonyl (C=O) groups excluding carboxylic acids is 1. The summed E-state index contributed by atoms with van der Waals surface area (Å²) in [4.78, 5) is 22.5. The molecule has 0 radical (unpaired) electrons. The highest BCUT2D eigenvalue weighted by Gasteiger charge is 2.34. The van der Waals surface area contributed by atoms with Gasteiger partial charge in [0, 0.05) is 18.9 Å². The predicted molar refractivity (Wildman–Crippen MR) is 77.3 cm³/mol. The van der Waals surface area contributed by atoms with Crippen molar-refractivity contribution in [3.63, 3.8) is 0 Å². The molecule has 3 rings (SSSR count). The van der Waals surface area contributed by atoms with Crippen LogP contribution in [0.1, 0.15) is 42.1 Å². The molecule has 1 aliphatic heterocycles. The predicted octanol–water partition coefficient (Wildman–Crippen LogP) is 2.27. The number of piperidine rings is 1. The number of anilines is 1. The maximum absolute atomic E-state index is 12.7. The van der Waals surface area contributed by atoms with Crippen molar-refractivity contribution in [1.82, 2.24) is 14.9 Å². The number of nitrogens with two attached hydrogens (primary N) is 1. The SMILES string of the molecule is C[C@H]1CCN(C(=O)c2nccnc2N)[C@@H](c2ccco2)C1. The van der Waals surface area contributed by atoms with Crippen LogP contribution in [-0.2, 0) is 0 Å². The highest BCUT2D eigenvalue weighted by atomic mass is 16.3. The van der Waals surface area contributed by atoms with Gasteiger partial charge in [0.25, 0.3) is 5.91 Å². The Balaban J connectivity index is 1.91. The molecule has 1 aliphatic rings. The van der Waals surface area contributed by atoms with E-state index in [9.17, 15) is 4.79 Å². The molecule has 0 bridgehead atoms. The van der Waals surface area contributed by atoms with Gasteiger partial charge in [-0.2, -0.15) is 0 Å². The molecule has 0 aliphatic carbocycles. The van der Waals surface area contributed by atoms with Crippen molar-refractivity contribution in [2.24, 2.45) is 5.92 Å². The standard InChI is InChI=1S/C15H18N4O2/c1-10-4-7-19(11(9-10)12-3-2-8-21-12)15(20)13-14(16)18-6-5-17-13/h2-3,5-6,8,10-11H,4,7,9H2,1H3,(H2,16,18)/t10-,11+/m0/s1. The summed E-state index contributed by atoms with van der Waals surface area (Å²) in [6, 6.07) is 3.68. The summed E-state index contributed by atoms with van der Waals surface area (Å²) < 4.78 is 5.51. The molecule has 0 spiro atoms. The number of carbonyl (C=O) groups is 1. The third-order valence-corrected chi connectivity index (χ3v) is 3.93. The van der Waals surface area contributed by atoms with Crippen molar-refractivity contribution in [2.45, 2.75) is 25.8 Å². The van der Waals surface area contributed by atoms with E-state index in [0.29, 0.717) is 12.5 Å². The number of likely N-dealkylation sites (tertiary alicyclic amines) is 1. The second-order valence-electron chi connectivity index (χ2n) is 5.45. The summed E-state index contributed by atoms with van der Waals surface area (Å²) in [5.74, 6) is 1.33. The quantitative estimate of drug-likeness (QED) is 0.915. The number of amides is 1. The number of hydrogen-bond donors (Lipinski definition) is 1. The molecule has 2 atom stereocenters. The summed E-state index contributed by atoms with van der Waals surface area (Å²) >= 11 is 0. The van der Waals surface area contributed by atoms with E-state index in [1.54, 1.807) is 11.2 Å². The Morgan fingerprint density at radius 3 is 2.95 bits per heavy atom. The lowest BCUT2D eigenvalue weighted by Gasteiger charge is -2.37. The second-order valence-corrected chi connectivity index (χ2v) is 5.45. The Morgan fingerprint density at radius 2 is 2.24 bits per heavy atom. The maximum Gasteiger partial charge on any atom is 0.276 e. The van der Waals surface area contributed by atoms with Crippen LogP contribution in [0.3, 0.4) is 0 Å². The van der Waals surface area contributed by atoms with E-state index in [0.717, 1.165) is 18.6 Å². The van der Waals surface area contributed by atoms with Crippen LogP contribution in [0.4, 0.5) is 5.82 Å². The van der Waals surface area contributed by atoms with Crippen molar-refractivity contribution in [1.29, 1.82) is 0 Å². The first-order chi connectivity index (χ1) is 10.2. The van der Waals surface area contributed by atoms with Gasteiger partial charge in [0.2, 0.25) is 0 Å². The first-order valence-electron chi connectivity index (χ1n) is 7.07. The molecule has 2 aromatic rings. The number of nitrogens with zero attached hydrogens (tertiary/aromatic N) is 3. The molecule has 6 nitrogen and oxygen atoms in total. The molecule has 0 unspecified atom stereocenters. The molecule has 21 heavy (non-hydrogen) atoms. The van der Waals surface area contributed by atoms with Gasteiger partial charge < -0.3 is 15.1 Å². The number of aromatic nitrogens is 2. The van der Waals surface area contributed by atoms with E-state index < -0.39 is 0 Å². The van der Waals surface area contributed by atoms with E-state index in [4.69, 9.17) is 10.2 Å². The molecule has 1 amide bonds. The molecule has 3 heterocycles. The molecule has 6 heteroatoms. The number of furan rings is 1. The molecule has 1 fully saturated rings. The fourth-order valence-electron chi connectivity index (χ4n) is 2.78. The zero-order valence-electron chi connectivity index (χ0n) is 11.9. The van der Waals surface area contributed by atoms with Crippen LogP contribution in [0.5, 0.6) is 0 Å². The topological polar surface area (TPSA) is 85.2 Å². The van der Waals surface area contributed by atoms with E-state index in [2.05, 4.69) is 16.9 Å². The molecular weight excluding hydrogens is 268 g/mol. The van der Waals surface area contributed by atoms with E-state index in [-0.39, 0.29) is 23.5 Å². The monoisotopic (exact) mass is 286 g/mol. The molecule has 110 valence electrons. The lowest BCUT2D eigenvalue weighted by Crippen LogP contribution is -2.41. The Labute approximate surface area is 123 Å². The Kier molecular flexibility index (Phi) is 3.60. The van der Waals surface area contributed by atoms with Crippen molar-refractivity contribution >= 4 is 11.7 Å². The average molecular weight is 286 g/mol. The molecule has 1 saturated heterocycles. The summed E-state index contributed by atoms with van der Waals surface area (Å²) in [5.41, 5.74) is 5.99. The van der Waals surface area contributed by atoms with Crippen molar-refractivity contribution < 1.29 is 9.21 Å². The fourth-order valence-corrected chi connectivity index (χ4v) is 2.78. The van der Waals surface area contributed by atoms with Crippen LogP contribution in [0, 0.1) is 5.92 Å². The van der Waals surface area contributed by atoms with Gasteiger partial charge in [0.1, 0.15) is 5.76 Å². The van der Waals surface area contributed by atoms with Gasteiger partial charge in [-0.25, -0.2) is 9.97 Å². The summed E-state index contributed by atoms with van der Waals surface area (Å²) in [6.45, 7) is 2.86. The molecule has 2 aromatic heterocycles. The van der Waals surface area contributed by atoms with Crippen LogP contribution in [0.15, 0.2) is 35.2 Å². The largest absolute Gasteiger partial charge is 0.467 e. The van der Waals surface area contributed by atoms with E-state index in [1.165, 1.54) is 12.4 Å². The molecule has 2 N–H and O–H groups in total. The third-order valence-electron chi connectivity index (χ3n) is 3.93. The summed E-state index contributed by atoms with van der Waals surface area (Å²) in [7, 11) is 0. The highest BCUT2D eigenvalue weighted by molar-refractivity contribution is 5.96. The van der Waals surface area contributed by atoms with Crippen molar-refractivity contribution in [2.75, 3.05) is 12.3 Å². The number of nitrogen functional groups attached to an aromatic ring is 1. The van der Waals surface area contributed by atoms with E-state index >= 15 is 0 Å².